The number of pyridine rings is 1. The first kappa shape index (κ1) is 12.0. The molecule has 2 rings (SSSR count). The fourth-order valence-corrected chi connectivity index (χ4v) is 1.58. The second-order valence-corrected chi connectivity index (χ2v) is 3.64. The molecule has 0 aliphatic carbocycles. The number of benzene rings is 1. The Morgan fingerprint density at radius 1 is 1.06 bits per heavy atom. The lowest BCUT2D eigenvalue weighted by atomic mass is 10.2. The van der Waals surface area contributed by atoms with E-state index in [1.165, 1.54) is 0 Å². The van der Waals surface area contributed by atoms with E-state index in [1.54, 1.807) is 20.3 Å². The summed E-state index contributed by atoms with van der Waals surface area (Å²) in [5, 5.41) is 3.14. The third-order valence-corrected chi connectivity index (χ3v) is 2.43. The minimum Gasteiger partial charge on any atom is -0.493 e. The molecule has 18 heavy (non-hydrogen) atoms. The molecule has 0 saturated heterocycles. The first-order valence-electron chi connectivity index (χ1n) is 5.44. The molecule has 0 atom stereocenters. The monoisotopic (exact) mass is 245 g/mol. The maximum absolute atomic E-state index is 5.62. The Bertz CT molecular complexity index is 544. The number of nitrogens with zero attached hydrogens (tertiary/aromatic N) is 1. The Kier molecular flexibility index (Phi) is 3.52. The highest BCUT2D eigenvalue weighted by Crippen LogP contribution is 2.30. The summed E-state index contributed by atoms with van der Waals surface area (Å²) >= 11 is 0. The van der Waals surface area contributed by atoms with Crippen molar-refractivity contribution in [2.24, 2.45) is 0 Å². The molecule has 1 heterocycles. The van der Waals surface area contributed by atoms with Crippen LogP contribution in [0, 0.1) is 0 Å². The maximum atomic E-state index is 5.62. The molecule has 1 aromatic heterocycles. The van der Waals surface area contributed by atoms with Gasteiger partial charge in [-0.3, -0.25) is 0 Å². The van der Waals surface area contributed by atoms with Gasteiger partial charge in [0.05, 0.1) is 14.2 Å². The largest absolute Gasteiger partial charge is 0.493 e. The fraction of sp³-hybridized carbons (Fsp3) is 0.154. The molecule has 0 bridgehead atoms. The van der Waals surface area contributed by atoms with Crippen molar-refractivity contribution in [3.8, 4) is 11.5 Å². The Morgan fingerprint density at radius 2 is 1.83 bits per heavy atom. The van der Waals surface area contributed by atoms with E-state index in [4.69, 9.17) is 15.2 Å². The molecule has 0 spiro atoms. The van der Waals surface area contributed by atoms with Gasteiger partial charge < -0.3 is 20.5 Å². The van der Waals surface area contributed by atoms with Crippen LogP contribution in [0.15, 0.2) is 36.4 Å². The predicted octanol–water partition coefficient (Wildman–Crippen LogP) is 2.42. The standard InChI is InChI=1S/C13H15N3O2/c1-17-10-7-6-9(8-11(10)18-2)15-13-5-3-4-12(14)16-13/h3-8H,1-2H3,(H3,14,15,16). The molecule has 1 aromatic carbocycles. The van der Waals surface area contributed by atoms with Crippen LogP contribution < -0.4 is 20.5 Å². The van der Waals surface area contributed by atoms with Gasteiger partial charge in [-0.2, -0.15) is 0 Å². The minimum atomic E-state index is 0.473. The van der Waals surface area contributed by atoms with Gasteiger partial charge in [0.1, 0.15) is 11.6 Å². The van der Waals surface area contributed by atoms with Crippen LogP contribution in [0.25, 0.3) is 0 Å². The lowest BCUT2D eigenvalue weighted by molar-refractivity contribution is 0.355. The number of hydrogen-bond donors (Lipinski definition) is 2. The van der Waals surface area contributed by atoms with Gasteiger partial charge in [-0.1, -0.05) is 6.07 Å². The highest BCUT2D eigenvalue weighted by molar-refractivity contribution is 5.62. The number of ether oxygens (including phenoxy) is 2. The molecule has 0 unspecified atom stereocenters. The summed E-state index contributed by atoms with van der Waals surface area (Å²) in [5.74, 6) is 2.50. The lowest BCUT2D eigenvalue weighted by Crippen LogP contribution is -1.97. The zero-order valence-corrected chi connectivity index (χ0v) is 10.3. The molecule has 3 N–H and O–H groups in total. The molecule has 0 fully saturated rings. The van der Waals surface area contributed by atoms with Crippen LogP contribution in [0.4, 0.5) is 17.3 Å². The Labute approximate surface area is 106 Å². The summed E-state index contributed by atoms with van der Waals surface area (Å²) < 4.78 is 10.4. The summed E-state index contributed by atoms with van der Waals surface area (Å²) in [6.45, 7) is 0. The summed E-state index contributed by atoms with van der Waals surface area (Å²) in [5.41, 5.74) is 6.47. The zero-order valence-electron chi connectivity index (χ0n) is 10.3. The van der Waals surface area contributed by atoms with Gasteiger partial charge in [-0.25, -0.2) is 4.98 Å². The summed E-state index contributed by atoms with van der Waals surface area (Å²) in [4.78, 5) is 4.16. The van der Waals surface area contributed by atoms with E-state index < -0.39 is 0 Å². The Morgan fingerprint density at radius 3 is 2.50 bits per heavy atom. The van der Waals surface area contributed by atoms with Crippen LogP contribution in [0.3, 0.4) is 0 Å². The lowest BCUT2D eigenvalue weighted by Gasteiger charge is -2.11. The van der Waals surface area contributed by atoms with E-state index in [9.17, 15) is 0 Å². The third kappa shape index (κ3) is 2.63. The average Bonchev–Trinajstić information content (AvgIpc) is 2.38. The summed E-state index contributed by atoms with van der Waals surface area (Å²) in [6, 6.07) is 11.0. The van der Waals surface area contributed by atoms with Crippen LogP contribution in [0.5, 0.6) is 11.5 Å². The van der Waals surface area contributed by atoms with E-state index in [2.05, 4.69) is 10.3 Å². The number of aromatic nitrogens is 1. The van der Waals surface area contributed by atoms with Crippen LogP contribution in [-0.2, 0) is 0 Å². The molecule has 0 amide bonds. The second kappa shape index (κ2) is 5.27. The molecule has 5 heteroatoms. The van der Waals surface area contributed by atoms with E-state index in [-0.39, 0.29) is 0 Å². The van der Waals surface area contributed by atoms with Crippen molar-refractivity contribution < 1.29 is 9.47 Å². The number of nitrogen functional groups attached to an aromatic ring is 1. The van der Waals surface area contributed by atoms with Crippen LogP contribution in [0.1, 0.15) is 0 Å². The molecule has 0 aliphatic rings. The van der Waals surface area contributed by atoms with Crippen LogP contribution in [0.2, 0.25) is 0 Å². The zero-order chi connectivity index (χ0) is 13.0. The van der Waals surface area contributed by atoms with E-state index in [0.29, 0.717) is 23.1 Å². The number of rotatable bonds is 4. The fourth-order valence-electron chi connectivity index (χ4n) is 1.58. The number of nitrogens with two attached hydrogens (primary N) is 1. The van der Waals surface area contributed by atoms with Gasteiger partial charge >= 0.3 is 0 Å². The van der Waals surface area contributed by atoms with Gasteiger partial charge in [0, 0.05) is 11.8 Å². The molecule has 0 saturated carbocycles. The van der Waals surface area contributed by atoms with Crippen LogP contribution in [-0.4, -0.2) is 19.2 Å². The summed E-state index contributed by atoms with van der Waals surface area (Å²) in [6.07, 6.45) is 0. The number of anilines is 3. The molecule has 0 aliphatic heterocycles. The second-order valence-electron chi connectivity index (χ2n) is 3.64. The quantitative estimate of drug-likeness (QED) is 0.865. The molecule has 94 valence electrons. The van der Waals surface area contributed by atoms with Gasteiger partial charge in [0.2, 0.25) is 0 Å². The van der Waals surface area contributed by atoms with E-state index >= 15 is 0 Å². The molecule has 2 aromatic rings. The van der Waals surface area contributed by atoms with Crippen molar-refractivity contribution in [1.82, 2.24) is 4.98 Å². The van der Waals surface area contributed by atoms with Crippen molar-refractivity contribution in [2.45, 2.75) is 0 Å². The first-order chi connectivity index (χ1) is 8.72. The number of nitrogens with one attached hydrogen (secondary N) is 1. The smallest absolute Gasteiger partial charge is 0.162 e. The predicted molar refractivity (Wildman–Crippen MR) is 71.5 cm³/mol. The molecular weight excluding hydrogens is 230 g/mol. The molecule has 0 radical (unpaired) electrons. The summed E-state index contributed by atoms with van der Waals surface area (Å²) in [7, 11) is 3.20. The topological polar surface area (TPSA) is 69.4 Å². The number of methoxy groups -OCH3 is 2. The van der Waals surface area contributed by atoms with Gasteiger partial charge in [0.15, 0.2) is 11.5 Å². The maximum Gasteiger partial charge on any atom is 0.162 e. The van der Waals surface area contributed by atoms with E-state index in [1.807, 2.05) is 30.3 Å². The van der Waals surface area contributed by atoms with Crippen molar-refractivity contribution in [3.63, 3.8) is 0 Å². The molecular formula is C13H15N3O2. The van der Waals surface area contributed by atoms with Gasteiger partial charge in [-0.15, -0.1) is 0 Å². The highest BCUT2D eigenvalue weighted by atomic mass is 16.5. The normalized spacial score (nSPS) is 9.89. The third-order valence-electron chi connectivity index (χ3n) is 2.43. The van der Waals surface area contributed by atoms with Crippen molar-refractivity contribution >= 4 is 17.3 Å². The first-order valence-corrected chi connectivity index (χ1v) is 5.44. The van der Waals surface area contributed by atoms with Gasteiger partial charge in [-0.05, 0) is 24.3 Å². The van der Waals surface area contributed by atoms with Crippen molar-refractivity contribution in [1.29, 1.82) is 0 Å². The number of hydrogen-bond acceptors (Lipinski definition) is 5. The van der Waals surface area contributed by atoms with E-state index in [0.717, 1.165) is 5.69 Å². The SMILES string of the molecule is COc1ccc(Nc2cccc(N)n2)cc1OC. The van der Waals surface area contributed by atoms with Crippen molar-refractivity contribution in [3.05, 3.63) is 36.4 Å². The molecule has 5 nitrogen and oxygen atoms in total. The minimum absolute atomic E-state index is 0.473. The van der Waals surface area contributed by atoms with Crippen LogP contribution >= 0.6 is 0 Å². The Hall–Kier alpha value is -2.43. The average molecular weight is 245 g/mol. The van der Waals surface area contributed by atoms with Gasteiger partial charge in [0.25, 0.3) is 0 Å². The Balaban J connectivity index is 2.24. The highest BCUT2D eigenvalue weighted by Gasteiger charge is 2.05. The van der Waals surface area contributed by atoms with Crippen molar-refractivity contribution in [2.75, 3.05) is 25.3 Å².